The molecule has 0 spiro atoms. The maximum absolute atomic E-state index is 10.7. The second-order valence-corrected chi connectivity index (χ2v) is 5.10. The molecule has 0 fully saturated rings. The van der Waals surface area contributed by atoms with Gasteiger partial charge in [-0.05, 0) is 27.2 Å². The number of carbonyl (C=O) groups excluding carboxylic acids is 2. The van der Waals surface area contributed by atoms with Crippen LogP contribution in [0.4, 0.5) is 0 Å². The zero-order chi connectivity index (χ0) is 16.7. The van der Waals surface area contributed by atoms with Gasteiger partial charge in [0.25, 0.3) is 0 Å². The van der Waals surface area contributed by atoms with Crippen molar-refractivity contribution in [2.24, 2.45) is 0 Å². The molecule has 0 saturated carbocycles. The molecular formula is C18H29NO2. The average molecular weight is 291 g/mol. The SMILES string of the molecule is C=C(C)C.CCC(CC(C)=O)N(C)C=O.c1ccccc1. The third-order valence-electron chi connectivity index (χ3n) is 2.40. The van der Waals surface area contributed by atoms with E-state index in [1.165, 1.54) is 5.57 Å². The van der Waals surface area contributed by atoms with Crippen LogP contribution in [0.5, 0.6) is 0 Å². The van der Waals surface area contributed by atoms with Crippen molar-refractivity contribution in [1.29, 1.82) is 0 Å². The van der Waals surface area contributed by atoms with E-state index in [-0.39, 0.29) is 11.8 Å². The first-order chi connectivity index (χ1) is 9.84. The van der Waals surface area contributed by atoms with Gasteiger partial charge in [0, 0.05) is 19.5 Å². The molecule has 1 aromatic rings. The van der Waals surface area contributed by atoms with Gasteiger partial charge in [0.2, 0.25) is 6.41 Å². The molecule has 0 aromatic heterocycles. The predicted octanol–water partition coefficient (Wildman–Crippen LogP) is 4.10. The molecule has 0 bridgehead atoms. The van der Waals surface area contributed by atoms with Crippen molar-refractivity contribution in [3.63, 3.8) is 0 Å². The molecule has 1 atom stereocenters. The van der Waals surface area contributed by atoms with Crippen molar-refractivity contribution < 1.29 is 9.59 Å². The Hall–Kier alpha value is -1.90. The number of amides is 1. The predicted molar refractivity (Wildman–Crippen MR) is 90.1 cm³/mol. The normalized spacial score (nSPS) is 9.95. The summed E-state index contributed by atoms with van der Waals surface area (Å²) in [5, 5.41) is 0. The Morgan fingerprint density at radius 1 is 1.10 bits per heavy atom. The Balaban J connectivity index is 0. The first-order valence-electron chi connectivity index (χ1n) is 7.13. The molecule has 0 aliphatic heterocycles. The van der Waals surface area contributed by atoms with Gasteiger partial charge in [-0.25, -0.2) is 0 Å². The topological polar surface area (TPSA) is 37.4 Å². The number of nitrogens with zero attached hydrogens (tertiary/aromatic N) is 1. The lowest BCUT2D eigenvalue weighted by Crippen LogP contribution is -2.31. The summed E-state index contributed by atoms with van der Waals surface area (Å²) in [7, 11) is 1.70. The van der Waals surface area contributed by atoms with Crippen LogP contribution < -0.4 is 0 Å². The van der Waals surface area contributed by atoms with Crippen LogP contribution in [0.25, 0.3) is 0 Å². The van der Waals surface area contributed by atoms with E-state index >= 15 is 0 Å². The van der Waals surface area contributed by atoms with Gasteiger partial charge in [0.15, 0.2) is 0 Å². The zero-order valence-corrected chi connectivity index (χ0v) is 14.0. The molecule has 3 heteroatoms. The van der Waals surface area contributed by atoms with Crippen molar-refractivity contribution in [2.75, 3.05) is 7.05 Å². The van der Waals surface area contributed by atoms with Gasteiger partial charge >= 0.3 is 0 Å². The zero-order valence-electron chi connectivity index (χ0n) is 14.0. The van der Waals surface area contributed by atoms with E-state index in [1.807, 2.05) is 57.2 Å². The Kier molecular flexibility index (Phi) is 14.8. The molecule has 118 valence electrons. The van der Waals surface area contributed by atoms with Crippen LogP contribution in [0.15, 0.2) is 48.6 Å². The highest BCUT2D eigenvalue weighted by Crippen LogP contribution is 2.04. The standard InChI is InChI=1S/C8H15NO2.C6H6.C4H8/c1-4-8(5-7(2)11)9(3)6-10;1-2-4-6-5-3-1;1-4(2)3/h6,8H,4-5H2,1-3H3;1-6H;1H2,2-3H3. The van der Waals surface area contributed by atoms with E-state index in [1.54, 1.807) is 18.9 Å². The van der Waals surface area contributed by atoms with Gasteiger partial charge in [-0.15, -0.1) is 6.58 Å². The minimum atomic E-state index is 0.0741. The fraction of sp³-hybridized carbons (Fsp3) is 0.444. The minimum absolute atomic E-state index is 0.0741. The van der Waals surface area contributed by atoms with Crippen LogP contribution in [0.2, 0.25) is 0 Å². The molecule has 21 heavy (non-hydrogen) atoms. The number of allylic oxidation sites excluding steroid dienone is 1. The smallest absolute Gasteiger partial charge is 0.209 e. The van der Waals surface area contributed by atoms with Crippen LogP contribution in [-0.4, -0.2) is 30.2 Å². The lowest BCUT2D eigenvalue weighted by atomic mass is 10.1. The second kappa shape index (κ2) is 14.5. The van der Waals surface area contributed by atoms with Crippen molar-refractivity contribution in [1.82, 2.24) is 4.90 Å². The molecule has 1 amide bonds. The maximum Gasteiger partial charge on any atom is 0.209 e. The molecule has 0 aliphatic rings. The summed E-state index contributed by atoms with van der Waals surface area (Å²) in [5.41, 5.74) is 1.17. The monoisotopic (exact) mass is 291 g/mol. The Morgan fingerprint density at radius 2 is 1.43 bits per heavy atom. The number of hydrogen-bond acceptors (Lipinski definition) is 2. The fourth-order valence-electron chi connectivity index (χ4n) is 1.38. The molecular weight excluding hydrogens is 262 g/mol. The van der Waals surface area contributed by atoms with Crippen LogP contribution in [0.3, 0.4) is 0 Å². The third-order valence-corrected chi connectivity index (χ3v) is 2.40. The number of rotatable bonds is 5. The Bertz CT molecular complexity index is 357. The van der Waals surface area contributed by atoms with Crippen LogP contribution in [0.1, 0.15) is 40.5 Å². The fourth-order valence-corrected chi connectivity index (χ4v) is 1.38. The van der Waals surface area contributed by atoms with Crippen molar-refractivity contribution in [3.8, 4) is 0 Å². The Labute approximate surface area is 129 Å². The molecule has 0 aliphatic carbocycles. The van der Waals surface area contributed by atoms with Gasteiger partial charge in [-0.1, -0.05) is 48.9 Å². The maximum atomic E-state index is 10.7. The Morgan fingerprint density at radius 3 is 1.62 bits per heavy atom. The summed E-state index contributed by atoms with van der Waals surface area (Å²) in [4.78, 5) is 22.5. The highest BCUT2D eigenvalue weighted by Gasteiger charge is 2.12. The summed E-state index contributed by atoms with van der Waals surface area (Å²) < 4.78 is 0. The molecule has 0 heterocycles. The number of benzene rings is 1. The van der Waals surface area contributed by atoms with Crippen LogP contribution in [-0.2, 0) is 9.59 Å². The summed E-state index contributed by atoms with van der Waals surface area (Å²) in [6.07, 6.45) is 2.05. The molecule has 1 unspecified atom stereocenters. The summed E-state index contributed by atoms with van der Waals surface area (Å²) >= 11 is 0. The minimum Gasteiger partial charge on any atom is -0.345 e. The number of Topliss-reactive ketones (excluding diaryl/α,β-unsaturated/α-hetero) is 1. The first-order valence-corrected chi connectivity index (χ1v) is 7.13. The van der Waals surface area contributed by atoms with Crippen molar-refractivity contribution >= 4 is 12.2 Å². The summed E-state index contributed by atoms with van der Waals surface area (Å²) in [6, 6.07) is 12.1. The molecule has 1 aromatic carbocycles. The third kappa shape index (κ3) is 18.1. The largest absolute Gasteiger partial charge is 0.345 e. The number of ketones is 1. The lowest BCUT2D eigenvalue weighted by Gasteiger charge is -2.21. The molecule has 0 saturated heterocycles. The van der Waals surface area contributed by atoms with Gasteiger partial charge in [0.1, 0.15) is 5.78 Å². The first kappa shape index (κ1) is 21.4. The van der Waals surface area contributed by atoms with Gasteiger partial charge in [-0.3, -0.25) is 9.59 Å². The molecule has 0 radical (unpaired) electrons. The number of hydrogen-bond donors (Lipinski definition) is 0. The highest BCUT2D eigenvalue weighted by molar-refractivity contribution is 5.76. The van der Waals surface area contributed by atoms with Gasteiger partial charge < -0.3 is 4.90 Å². The average Bonchev–Trinajstić information content (AvgIpc) is 2.45. The van der Waals surface area contributed by atoms with E-state index in [4.69, 9.17) is 0 Å². The van der Waals surface area contributed by atoms with Gasteiger partial charge in [0.05, 0.1) is 0 Å². The highest BCUT2D eigenvalue weighted by atomic mass is 16.1. The van der Waals surface area contributed by atoms with E-state index < -0.39 is 0 Å². The van der Waals surface area contributed by atoms with E-state index in [0.717, 1.165) is 12.8 Å². The summed E-state index contributed by atoms with van der Waals surface area (Å²) in [6.45, 7) is 11.0. The van der Waals surface area contributed by atoms with Crippen LogP contribution >= 0.6 is 0 Å². The summed E-state index contributed by atoms with van der Waals surface area (Å²) in [5.74, 6) is 0.130. The van der Waals surface area contributed by atoms with Crippen molar-refractivity contribution in [3.05, 3.63) is 48.6 Å². The second-order valence-electron chi connectivity index (χ2n) is 5.10. The molecule has 1 rings (SSSR count). The molecule has 0 N–H and O–H groups in total. The van der Waals surface area contributed by atoms with Crippen molar-refractivity contribution in [2.45, 2.75) is 46.6 Å². The van der Waals surface area contributed by atoms with E-state index in [2.05, 4.69) is 6.58 Å². The lowest BCUT2D eigenvalue weighted by molar-refractivity contribution is -0.121. The number of carbonyl (C=O) groups is 2. The van der Waals surface area contributed by atoms with E-state index in [0.29, 0.717) is 6.42 Å². The van der Waals surface area contributed by atoms with Crippen LogP contribution in [0, 0.1) is 0 Å². The quantitative estimate of drug-likeness (QED) is 0.605. The van der Waals surface area contributed by atoms with E-state index in [9.17, 15) is 9.59 Å². The molecule has 3 nitrogen and oxygen atoms in total. The van der Waals surface area contributed by atoms with Gasteiger partial charge in [-0.2, -0.15) is 0 Å².